The predicted octanol–water partition coefficient (Wildman–Crippen LogP) is 2.05. The Balaban J connectivity index is 2.12. The van der Waals surface area contributed by atoms with Crippen molar-refractivity contribution in [3.63, 3.8) is 0 Å². The minimum atomic E-state index is -0.150. The van der Waals surface area contributed by atoms with Crippen LogP contribution in [0.1, 0.15) is 16.2 Å². The van der Waals surface area contributed by atoms with Crippen molar-refractivity contribution >= 4 is 21.8 Å². The third kappa shape index (κ3) is 2.41. The van der Waals surface area contributed by atoms with Crippen molar-refractivity contribution < 1.29 is 9.21 Å². The fraction of sp³-hybridized carbons (Fsp3) is 0.273. The second kappa shape index (κ2) is 4.75. The van der Waals surface area contributed by atoms with Gasteiger partial charge in [0.1, 0.15) is 0 Å². The minimum Gasteiger partial charge on any atom is -0.459 e. The van der Waals surface area contributed by atoms with Gasteiger partial charge in [0.25, 0.3) is 5.91 Å². The number of aromatic nitrogens is 2. The Kier molecular flexibility index (Phi) is 3.33. The first-order valence-corrected chi connectivity index (χ1v) is 5.84. The van der Waals surface area contributed by atoms with Gasteiger partial charge in [-0.1, -0.05) is 0 Å². The molecule has 0 aliphatic carbocycles. The van der Waals surface area contributed by atoms with Crippen LogP contribution in [-0.4, -0.2) is 27.6 Å². The standard InChI is InChI=1S/C11H12BrN3O2/c1-14(11(16)10-4-3-5-17-10)7-9-8(12)6-13-15(9)2/h3-6H,7H2,1-2H3. The number of carbonyl (C=O) groups excluding carboxylic acids is 1. The molecule has 0 bridgehead atoms. The van der Waals surface area contributed by atoms with Crippen LogP contribution in [0.5, 0.6) is 0 Å². The van der Waals surface area contributed by atoms with Gasteiger partial charge in [0, 0.05) is 14.1 Å². The normalized spacial score (nSPS) is 10.5. The molecule has 1 amide bonds. The van der Waals surface area contributed by atoms with E-state index in [2.05, 4.69) is 21.0 Å². The summed E-state index contributed by atoms with van der Waals surface area (Å²) in [5.74, 6) is 0.189. The second-order valence-corrected chi connectivity index (χ2v) is 4.56. The summed E-state index contributed by atoms with van der Waals surface area (Å²) in [5.41, 5.74) is 0.937. The highest BCUT2D eigenvalue weighted by Crippen LogP contribution is 2.17. The zero-order valence-corrected chi connectivity index (χ0v) is 11.1. The number of nitrogens with zero attached hydrogens (tertiary/aromatic N) is 3. The molecule has 0 spiro atoms. The summed E-state index contributed by atoms with van der Waals surface area (Å²) in [7, 11) is 3.57. The Morgan fingerprint density at radius 3 is 2.94 bits per heavy atom. The molecule has 0 saturated carbocycles. The number of aryl methyl sites for hydroxylation is 1. The highest BCUT2D eigenvalue weighted by molar-refractivity contribution is 9.10. The van der Waals surface area contributed by atoms with Crippen LogP contribution in [0.3, 0.4) is 0 Å². The Hall–Kier alpha value is -1.56. The lowest BCUT2D eigenvalue weighted by Crippen LogP contribution is -2.27. The number of amides is 1. The molecule has 0 radical (unpaired) electrons. The summed E-state index contributed by atoms with van der Waals surface area (Å²) in [4.78, 5) is 13.5. The number of rotatable bonds is 3. The van der Waals surface area contributed by atoms with Crippen molar-refractivity contribution in [1.82, 2.24) is 14.7 Å². The second-order valence-electron chi connectivity index (χ2n) is 3.70. The van der Waals surface area contributed by atoms with Gasteiger partial charge in [-0.25, -0.2) is 0 Å². The van der Waals surface area contributed by atoms with E-state index in [1.807, 2.05) is 7.05 Å². The zero-order valence-electron chi connectivity index (χ0n) is 9.55. The summed E-state index contributed by atoms with van der Waals surface area (Å²) in [6.07, 6.45) is 3.20. The van der Waals surface area contributed by atoms with Crippen molar-refractivity contribution in [2.24, 2.45) is 7.05 Å². The summed E-state index contributed by atoms with van der Waals surface area (Å²) in [5, 5.41) is 4.10. The van der Waals surface area contributed by atoms with Gasteiger partial charge >= 0.3 is 0 Å². The van der Waals surface area contributed by atoms with Gasteiger partial charge in [-0.3, -0.25) is 9.48 Å². The predicted molar refractivity (Wildman–Crippen MR) is 65.4 cm³/mol. The molecule has 0 unspecified atom stereocenters. The molecule has 0 aliphatic rings. The maximum absolute atomic E-state index is 11.9. The molecule has 2 heterocycles. The minimum absolute atomic E-state index is 0.150. The van der Waals surface area contributed by atoms with Gasteiger partial charge in [0.2, 0.25) is 0 Å². The molecule has 2 aromatic rings. The Labute approximate surface area is 107 Å². The summed E-state index contributed by atoms with van der Waals surface area (Å²) in [6, 6.07) is 3.35. The Morgan fingerprint density at radius 2 is 2.41 bits per heavy atom. The van der Waals surface area contributed by atoms with E-state index in [4.69, 9.17) is 4.42 Å². The van der Waals surface area contributed by atoms with Crippen molar-refractivity contribution in [1.29, 1.82) is 0 Å². The summed E-state index contributed by atoms with van der Waals surface area (Å²) < 4.78 is 7.69. The molecular formula is C11H12BrN3O2. The van der Waals surface area contributed by atoms with Crippen LogP contribution in [0.2, 0.25) is 0 Å². The summed E-state index contributed by atoms with van der Waals surface area (Å²) in [6.45, 7) is 0.469. The van der Waals surface area contributed by atoms with Crippen LogP contribution in [-0.2, 0) is 13.6 Å². The summed E-state index contributed by atoms with van der Waals surface area (Å²) >= 11 is 3.40. The van der Waals surface area contributed by atoms with Gasteiger partial charge in [0.05, 0.1) is 29.2 Å². The lowest BCUT2D eigenvalue weighted by molar-refractivity contribution is 0.0750. The SMILES string of the molecule is CN(Cc1c(Br)cnn1C)C(=O)c1ccco1. The molecule has 0 fully saturated rings. The first kappa shape index (κ1) is 11.9. The smallest absolute Gasteiger partial charge is 0.289 e. The van der Waals surface area contributed by atoms with Crippen molar-refractivity contribution in [3.05, 3.63) is 40.5 Å². The third-order valence-corrected chi connectivity index (χ3v) is 3.14. The molecular weight excluding hydrogens is 286 g/mol. The third-order valence-electron chi connectivity index (χ3n) is 2.48. The van der Waals surface area contributed by atoms with E-state index in [0.29, 0.717) is 12.3 Å². The van der Waals surface area contributed by atoms with Gasteiger partial charge in [-0.2, -0.15) is 5.10 Å². The average molecular weight is 298 g/mol. The lowest BCUT2D eigenvalue weighted by Gasteiger charge is -2.16. The van der Waals surface area contributed by atoms with E-state index in [-0.39, 0.29) is 5.91 Å². The van der Waals surface area contributed by atoms with E-state index in [1.54, 1.807) is 35.0 Å². The maximum Gasteiger partial charge on any atom is 0.289 e. The highest BCUT2D eigenvalue weighted by atomic mass is 79.9. The van der Waals surface area contributed by atoms with Gasteiger partial charge in [0.15, 0.2) is 5.76 Å². The molecule has 17 heavy (non-hydrogen) atoms. The monoisotopic (exact) mass is 297 g/mol. The fourth-order valence-electron chi connectivity index (χ4n) is 1.50. The number of halogens is 1. The van der Waals surface area contributed by atoms with Crippen LogP contribution < -0.4 is 0 Å². The van der Waals surface area contributed by atoms with Crippen LogP contribution in [0.4, 0.5) is 0 Å². The molecule has 0 atom stereocenters. The van der Waals surface area contributed by atoms with Crippen molar-refractivity contribution in [2.45, 2.75) is 6.54 Å². The van der Waals surface area contributed by atoms with E-state index in [1.165, 1.54) is 6.26 Å². The molecule has 90 valence electrons. The quantitative estimate of drug-likeness (QED) is 0.871. The van der Waals surface area contributed by atoms with E-state index >= 15 is 0 Å². The number of hydrogen-bond donors (Lipinski definition) is 0. The molecule has 0 saturated heterocycles. The number of furan rings is 1. The van der Waals surface area contributed by atoms with Gasteiger partial charge < -0.3 is 9.32 Å². The molecule has 2 rings (SSSR count). The molecule has 5 nitrogen and oxygen atoms in total. The van der Waals surface area contributed by atoms with E-state index in [0.717, 1.165) is 10.2 Å². The van der Waals surface area contributed by atoms with Crippen LogP contribution in [0.25, 0.3) is 0 Å². The zero-order chi connectivity index (χ0) is 12.4. The fourth-order valence-corrected chi connectivity index (χ4v) is 1.97. The first-order chi connectivity index (χ1) is 8.09. The van der Waals surface area contributed by atoms with Crippen molar-refractivity contribution in [2.75, 3.05) is 7.05 Å². The largest absolute Gasteiger partial charge is 0.459 e. The average Bonchev–Trinajstić information content (AvgIpc) is 2.93. The van der Waals surface area contributed by atoms with E-state index < -0.39 is 0 Å². The van der Waals surface area contributed by atoms with Crippen molar-refractivity contribution in [3.8, 4) is 0 Å². The molecule has 6 heteroatoms. The molecule has 0 aliphatic heterocycles. The Morgan fingerprint density at radius 1 is 1.65 bits per heavy atom. The molecule has 2 aromatic heterocycles. The maximum atomic E-state index is 11.9. The van der Waals surface area contributed by atoms with Crippen LogP contribution in [0, 0.1) is 0 Å². The van der Waals surface area contributed by atoms with Gasteiger partial charge in [-0.15, -0.1) is 0 Å². The number of hydrogen-bond acceptors (Lipinski definition) is 3. The van der Waals surface area contributed by atoms with Gasteiger partial charge in [-0.05, 0) is 28.1 Å². The topological polar surface area (TPSA) is 51.3 Å². The Bertz CT molecular complexity index is 499. The molecule has 0 aromatic carbocycles. The highest BCUT2D eigenvalue weighted by Gasteiger charge is 2.17. The van der Waals surface area contributed by atoms with E-state index in [9.17, 15) is 4.79 Å². The van der Waals surface area contributed by atoms with Crippen LogP contribution in [0.15, 0.2) is 33.5 Å². The molecule has 0 N–H and O–H groups in total. The first-order valence-electron chi connectivity index (χ1n) is 5.05. The lowest BCUT2D eigenvalue weighted by atomic mass is 10.3. The number of carbonyl (C=O) groups is 1. The van der Waals surface area contributed by atoms with Crippen LogP contribution >= 0.6 is 15.9 Å².